The lowest BCUT2D eigenvalue weighted by Gasteiger charge is -2.34. The first-order chi connectivity index (χ1) is 24.6. The average Bonchev–Trinajstić information content (AvgIpc) is 3.08. The molecule has 0 spiro atoms. The fourth-order valence-corrected chi connectivity index (χ4v) is 6.00. The molecule has 0 fully saturated rings. The molecule has 0 heterocycles. The zero-order valence-electron chi connectivity index (χ0n) is 33.8. The number of likely N-dealkylation sites (N-methyl/N-ethyl adjacent to an activating group) is 1. The van der Waals surface area contributed by atoms with Gasteiger partial charge in [0.25, 0.3) is 0 Å². The van der Waals surface area contributed by atoms with Crippen LogP contribution in [0.15, 0.2) is 24.3 Å². The lowest BCUT2D eigenvalue weighted by atomic mass is 10.1. The van der Waals surface area contributed by atoms with Crippen LogP contribution in [-0.2, 0) is 28.6 Å². The lowest BCUT2D eigenvalue weighted by molar-refractivity contribution is -0.889. The number of rotatable bonds is 37. The molecule has 2 unspecified atom stereocenters. The van der Waals surface area contributed by atoms with Gasteiger partial charge in [0.2, 0.25) is 0 Å². The highest BCUT2D eigenvalue weighted by atomic mass is 16.6. The molecule has 0 aliphatic heterocycles. The standard InChI is InChI=1S/C43H79NO7/c1-6-8-10-12-14-16-18-20-22-24-26-28-30-32-34-42(46)51-39(37-49-36-35-40(43(47)48)44(3,4)5)38-50-41(45)33-31-29-27-25-23-21-19-17-15-13-11-9-7-2/h17-20,39-40H,6-16,21-38H2,1-5H3/b19-17-,20-18-. The molecule has 0 bridgehead atoms. The number of carboxylic acid groups (broad SMARTS) is 1. The van der Waals surface area contributed by atoms with Crippen LogP contribution in [0.2, 0.25) is 0 Å². The van der Waals surface area contributed by atoms with Crippen molar-refractivity contribution in [3.05, 3.63) is 24.3 Å². The maximum atomic E-state index is 12.7. The average molecular weight is 722 g/mol. The van der Waals surface area contributed by atoms with Crippen molar-refractivity contribution in [3.63, 3.8) is 0 Å². The maximum absolute atomic E-state index is 12.7. The summed E-state index contributed by atoms with van der Waals surface area (Å²) in [6, 6.07) is -0.725. The molecule has 0 rings (SSSR count). The molecule has 51 heavy (non-hydrogen) atoms. The minimum absolute atomic E-state index is 0.0371. The number of ether oxygens (including phenoxy) is 3. The Kier molecular flexibility index (Phi) is 33.4. The molecule has 0 aromatic heterocycles. The molecule has 0 radical (unpaired) electrons. The van der Waals surface area contributed by atoms with Crippen molar-refractivity contribution in [1.82, 2.24) is 0 Å². The maximum Gasteiger partial charge on any atom is 0.306 e. The Bertz CT molecular complexity index is 895. The molecule has 0 aromatic carbocycles. The van der Waals surface area contributed by atoms with E-state index in [-0.39, 0.29) is 42.7 Å². The van der Waals surface area contributed by atoms with Crippen LogP contribution < -0.4 is 5.11 Å². The van der Waals surface area contributed by atoms with Crippen LogP contribution in [-0.4, -0.2) is 75.5 Å². The normalized spacial score (nSPS) is 13.2. The van der Waals surface area contributed by atoms with E-state index in [4.69, 9.17) is 14.2 Å². The number of nitrogens with zero attached hydrogens (tertiary/aromatic N) is 1. The lowest BCUT2D eigenvalue weighted by Crippen LogP contribution is -2.55. The first-order valence-corrected chi connectivity index (χ1v) is 20.9. The van der Waals surface area contributed by atoms with E-state index in [1.165, 1.54) is 83.5 Å². The summed E-state index contributed by atoms with van der Waals surface area (Å²) in [4.78, 5) is 36.7. The van der Waals surface area contributed by atoms with E-state index in [2.05, 4.69) is 38.2 Å². The number of carboxylic acids is 1. The summed E-state index contributed by atoms with van der Waals surface area (Å²) in [5.41, 5.74) is 0. The minimum atomic E-state index is -1.13. The Hall–Kier alpha value is -2.19. The van der Waals surface area contributed by atoms with Gasteiger partial charge >= 0.3 is 11.9 Å². The molecule has 0 aromatic rings. The highest BCUT2D eigenvalue weighted by Crippen LogP contribution is 2.13. The molecule has 0 aliphatic rings. The van der Waals surface area contributed by atoms with Gasteiger partial charge in [-0.05, 0) is 64.2 Å². The molecule has 0 saturated carbocycles. The number of carbonyl (C=O) groups is 3. The number of allylic oxidation sites excluding steroid dienone is 4. The third kappa shape index (κ3) is 33.4. The fraction of sp³-hybridized carbons (Fsp3) is 0.837. The monoisotopic (exact) mass is 722 g/mol. The number of aliphatic carboxylic acids is 1. The third-order valence-electron chi connectivity index (χ3n) is 9.31. The zero-order chi connectivity index (χ0) is 37.8. The largest absolute Gasteiger partial charge is 0.544 e. The molecule has 0 saturated heterocycles. The van der Waals surface area contributed by atoms with Crippen LogP contribution in [0.25, 0.3) is 0 Å². The Morgan fingerprint density at radius 1 is 0.569 bits per heavy atom. The number of hydrogen-bond acceptors (Lipinski definition) is 7. The second-order valence-corrected chi connectivity index (χ2v) is 15.2. The van der Waals surface area contributed by atoms with Crippen LogP contribution in [0.1, 0.15) is 181 Å². The first kappa shape index (κ1) is 48.8. The summed E-state index contributed by atoms with van der Waals surface area (Å²) in [5.74, 6) is -1.75. The zero-order valence-corrected chi connectivity index (χ0v) is 33.8. The van der Waals surface area contributed by atoms with Gasteiger partial charge in [-0.3, -0.25) is 9.59 Å². The van der Waals surface area contributed by atoms with E-state index >= 15 is 0 Å². The van der Waals surface area contributed by atoms with Crippen molar-refractivity contribution in [2.45, 2.75) is 193 Å². The number of carbonyl (C=O) groups excluding carboxylic acids is 3. The second-order valence-electron chi connectivity index (χ2n) is 15.2. The first-order valence-electron chi connectivity index (χ1n) is 20.9. The third-order valence-corrected chi connectivity index (χ3v) is 9.31. The quantitative estimate of drug-likeness (QED) is 0.0273. The van der Waals surface area contributed by atoms with Crippen LogP contribution >= 0.6 is 0 Å². The molecular weight excluding hydrogens is 642 g/mol. The molecule has 8 heteroatoms. The minimum Gasteiger partial charge on any atom is -0.544 e. The van der Waals surface area contributed by atoms with E-state index < -0.39 is 18.1 Å². The predicted molar refractivity (Wildman–Crippen MR) is 208 cm³/mol. The Morgan fingerprint density at radius 3 is 1.43 bits per heavy atom. The second kappa shape index (κ2) is 34.9. The van der Waals surface area contributed by atoms with Crippen molar-refractivity contribution in [1.29, 1.82) is 0 Å². The SMILES string of the molecule is CCCCCC/C=C\CCCCCCCC(=O)OCC(COCCC(C(=O)[O-])[N+](C)(C)C)OC(=O)CCCCCCC/C=C\CCCCCCC. The number of esters is 2. The van der Waals surface area contributed by atoms with Gasteiger partial charge in [-0.15, -0.1) is 0 Å². The van der Waals surface area contributed by atoms with Gasteiger partial charge in [-0.2, -0.15) is 0 Å². The topological polar surface area (TPSA) is 102 Å². The van der Waals surface area contributed by atoms with Gasteiger partial charge in [0.15, 0.2) is 6.10 Å². The summed E-state index contributed by atoms with van der Waals surface area (Å²) in [6.45, 7) is 4.62. The van der Waals surface area contributed by atoms with Crippen molar-refractivity contribution < 1.29 is 38.2 Å². The summed E-state index contributed by atoms with van der Waals surface area (Å²) < 4.78 is 17.1. The van der Waals surface area contributed by atoms with E-state index in [1.54, 1.807) is 21.1 Å². The molecule has 0 N–H and O–H groups in total. The molecule has 2 atom stereocenters. The Morgan fingerprint density at radius 2 is 0.980 bits per heavy atom. The summed E-state index contributed by atoms with van der Waals surface area (Å²) in [5, 5.41) is 11.6. The predicted octanol–water partition coefficient (Wildman–Crippen LogP) is 9.58. The molecule has 0 aliphatic carbocycles. The summed E-state index contributed by atoms with van der Waals surface area (Å²) in [7, 11) is 5.40. The highest BCUT2D eigenvalue weighted by molar-refractivity contribution is 5.70. The van der Waals surface area contributed by atoms with E-state index in [0.717, 1.165) is 64.2 Å². The summed E-state index contributed by atoms with van der Waals surface area (Å²) in [6.07, 6.45) is 36.2. The smallest absolute Gasteiger partial charge is 0.306 e. The number of quaternary nitrogens is 1. The van der Waals surface area contributed by atoms with Crippen LogP contribution in [0.3, 0.4) is 0 Å². The van der Waals surface area contributed by atoms with Crippen LogP contribution in [0.4, 0.5) is 0 Å². The molecular formula is C43H79NO7. The van der Waals surface area contributed by atoms with Gasteiger partial charge in [-0.1, -0.05) is 122 Å². The van der Waals surface area contributed by atoms with Crippen molar-refractivity contribution in [2.75, 3.05) is 41.0 Å². The van der Waals surface area contributed by atoms with E-state index in [0.29, 0.717) is 12.8 Å². The van der Waals surface area contributed by atoms with E-state index in [1.807, 2.05) is 0 Å². The molecule has 0 amide bonds. The van der Waals surface area contributed by atoms with Gasteiger partial charge in [-0.25, -0.2) is 0 Å². The van der Waals surface area contributed by atoms with Crippen molar-refractivity contribution in [2.24, 2.45) is 0 Å². The van der Waals surface area contributed by atoms with Gasteiger partial charge < -0.3 is 28.6 Å². The van der Waals surface area contributed by atoms with E-state index in [9.17, 15) is 19.5 Å². The van der Waals surface area contributed by atoms with Gasteiger partial charge in [0, 0.05) is 19.3 Å². The van der Waals surface area contributed by atoms with Crippen LogP contribution in [0.5, 0.6) is 0 Å². The van der Waals surface area contributed by atoms with Gasteiger partial charge in [0.1, 0.15) is 12.6 Å². The Balaban J connectivity index is 4.40. The number of unbranched alkanes of at least 4 members (excludes halogenated alkanes) is 19. The molecule has 8 nitrogen and oxygen atoms in total. The van der Waals surface area contributed by atoms with Crippen molar-refractivity contribution in [3.8, 4) is 0 Å². The molecule has 298 valence electrons. The number of hydrogen-bond donors (Lipinski definition) is 0. The van der Waals surface area contributed by atoms with Gasteiger partial charge in [0.05, 0.1) is 40.3 Å². The Labute approximate surface area is 313 Å². The highest BCUT2D eigenvalue weighted by Gasteiger charge is 2.25. The summed E-state index contributed by atoms with van der Waals surface area (Å²) >= 11 is 0. The van der Waals surface area contributed by atoms with Crippen LogP contribution in [0, 0.1) is 0 Å². The fourth-order valence-electron chi connectivity index (χ4n) is 6.00. The van der Waals surface area contributed by atoms with Crippen molar-refractivity contribution >= 4 is 17.9 Å².